The molecule has 1 unspecified atom stereocenters. The van der Waals surface area contributed by atoms with E-state index in [1.807, 2.05) is 19.2 Å². The molecule has 6 nitrogen and oxygen atoms in total. The number of rotatable bonds is 7. The number of benzene rings is 2. The zero-order valence-electron chi connectivity index (χ0n) is 20.4. The number of halogens is 1. The van der Waals surface area contributed by atoms with Crippen LogP contribution < -0.4 is 0 Å². The van der Waals surface area contributed by atoms with Gasteiger partial charge in [0.1, 0.15) is 6.04 Å². The highest BCUT2D eigenvalue weighted by Crippen LogP contribution is 2.44. The highest BCUT2D eigenvalue weighted by molar-refractivity contribution is 6.30. The first-order chi connectivity index (χ1) is 17.0. The molecule has 2 amide bonds. The van der Waals surface area contributed by atoms with Gasteiger partial charge in [0.25, 0.3) is 0 Å². The molecule has 2 aromatic carbocycles. The fourth-order valence-electron chi connectivity index (χ4n) is 5.83. The topological polar surface area (TPSA) is 53.1 Å². The van der Waals surface area contributed by atoms with Crippen molar-refractivity contribution in [1.82, 2.24) is 14.7 Å². The maximum absolute atomic E-state index is 13.5. The largest absolute Gasteiger partial charge is 0.365 e. The lowest BCUT2D eigenvalue weighted by Crippen LogP contribution is -2.44. The van der Waals surface area contributed by atoms with Gasteiger partial charge in [-0.15, -0.1) is 0 Å². The minimum absolute atomic E-state index is 0.0314. The van der Waals surface area contributed by atoms with E-state index in [-0.39, 0.29) is 17.4 Å². The van der Waals surface area contributed by atoms with Crippen LogP contribution in [0.5, 0.6) is 0 Å². The number of carbonyl (C=O) groups is 2. The van der Waals surface area contributed by atoms with E-state index in [0.29, 0.717) is 24.5 Å². The number of nitrogens with zero attached hydrogens (tertiary/aromatic N) is 3. The van der Waals surface area contributed by atoms with Crippen LogP contribution >= 0.6 is 11.6 Å². The van der Waals surface area contributed by atoms with Crippen molar-refractivity contribution in [3.63, 3.8) is 0 Å². The van der Waals surface area contributed by atoms with Gasteiger partial charge >= 0.3 is 0 Å². The van der Waals surface area contributed by atoms with Crippen molar-refractivity contribution in [3.05, 3.63) is 70.2 Å². The highest BCUT2D eigenvalue weighted by atomic mass is 35.5. The van der Waals surface area contributed by atoms with E-state index >= 15 is 0 Å². The Morgan fingerprint density at radius 1 is 1.11 bits per heavy atom. The second-order valence-corrected chi connectivity index (χ2v) is 10.5. The first-order valence-corrected chi connectivity index (χ1v) is 13.1. The van der Waals surface area contributed by atoms with Crippen LogP contribution in [-0.2, 0) is 26.5 Å². The van der Waals surface area contributed by atoms with Crippen LogP contribution in [0, 0.1) is 0 Å². The molecule has 0 radical (unpaired) electrons. The SMILES string of the molecule is CN(CCCN1CCC2(CC1)OCc1ccccc12)C(=O)C(c1ccc(Cl)cc1)N1CCCC1=O. The maximum Gasteiger partial charge on any atom is 0.249 e. The van der Waals surface area contributed by atoms with Crippen molar-refractivity contribution in [3.8, 4) is 0 Å². The molecule has 35 heavy (non-hydrogen) atoms. The molecule has 1 atom stereocenters. The number of carbonyl (C=O) groups excluding carboxylic acids is 2. The summed E-state index contributed by atoms with van der Waals surface area (Å²) in [7, 11) is 1.85. The quantitative estimate of drug-likeness (QED) is 0.572. The lowest BCUT2D eigenvalue weighted by atomic mass is 9.84. The minimum Gasteiger partial charge on any atom is -0.365 e. The summed E-state index contributed by atoms with van der Waals surface area (Å²) in [5.74, 6) is 0.0146. The molecule has 0 aliphatic carbocycles. The monoisotopic (exact) mass is 495 g/mol. The van der Waals surface area contributed by atoms with Gasteiger partial charge in [-0.1, -0.05) is 48.0 Å². The molecule has 5 rings (SSSR count). The molecule has 1 spiro atoms. The van der Waals surface area contributed by atoms with E-state index in [0.717, 1.165) is 57.5 Å². The Morgan fingerprint density at radius 3 is 2.57 bits per heavy atom. The van der Waals surface area contributed by atoms with Crippen LogP contribution in [-0.4, -0.2) is 66.3 Å². The molecule has 3 heterocycles. The Bertz CT molecular complexity index is 1070. The summed E-state index contributed by atoms with van der Waals surface area (Å²) in [6.45, 7) is 4.95. The minimum atomic E-state index is -0.582. The van der Waals surface area contributed by atoms with Crippen molar-refractivity contribution in [2.24, 2.45) is 0 Å². The van der Waals surface area contributed by atoms with Crippen LogP contribution in [0.4, 0.5) is 0 Å². The molecule has 2 aromatic rings. The summed E-state index contributed by atoms with van der Waals surface area (Å²) in [6.07, 6.45) is 4.22. The standard InChI is InChI=1S/C28H34ClN3O3/c1-30(27(34)26(32-17-4-8-25(32)33)21-9-11-23(29)12-10-21)15-5-16-31-18-13-28(14-19-31)24-7-3-2-6-22(24)20-35-28/h2-3,6-7,9-12,26H,4-5,8,13-20H2,1H3. The lowest BCUT2D eigenvalue weighted by molar-refractivity contribution is -0.143. The first-order valence-electron chi connectivity index (χ1n) is 12.7. The molecule has 7 heteroatoms. The highest BCUT2D eigenvalue weighted by Gasteiger charge is 2.42. The van der Waals surface area contributed by atoms with Gasteiger partial charge < -0.3 is 19.4 Å². The van der Waals surface area contributed by atoms with E-state index in [2.05, 4.69) is 29.2 Å². The van der Waals surface area contributed by atoms with Crippen LogP contribution in [0.1, 0.15) is 54.8 Å². The molecule has 3 aliphatic rings. The first kappa shape index (κ1) is 24.3. The number of ether oxygens (including phenoxy) is 1. The smallest absolute Gasteiger partial charge is 0.249 e. The summed E-state index contributed by atoms with van der Waals surface area (Å²) >= 11 is 6.07. The number of amides is 2. The molecule has 2 fully saturated rings. The van der Waals surface area contributed by atoms with Gasteiger partial charge in [-0.2, -0.15) is 0 Å². The van der Waals surface area contributed by atoms with Gasteiger partial charge in [0.05, 0.1) is 12.2 Å². The lowest BCUT2D eigenvalue weighted by Gasteiger charge is -2.39. The van der Waals surface area contributed by atoms with Crippen LogP contribution in [0.3, 0.4) is 0 Å². The van der Waals surface area contributed by atoms with Gasteiger partial charge in [-0.3, -0.25) is 9.59 Å². The maximum atomic E-state index is 13.5. The third-order valence-electron chi connectivity index (χ3n) is 7.86. The van der Waals surface area contributed by atoms with Crippen molar-refractivity contribution in [1.29, 1.82) is 0 Å². The van der Waals surface area contributed by atoms with Gasteiger partial charge in [0.2, 0.25) is 11.8 Å². The number of likely N-dealkylation sites (N-methyl/N-ethyl adjacent to an activating group) is 1. The average Bonchev–Trinajstić information content (AvgIpc) is 3.45. The van der Waals surface area contributed by atoms with Crippen molar-refractivity contribution < 1.29 is 14.3 Å². The predicted octanol–water partition coefficient (Wildman–Crippen LogP) is 4.37. The fourth-order valence-corrected chi connectivity index (χ4v) is 5.96. The molecule has 0 N–H and O–H groups in total. The molecular formula is C28H34ClN3O3. The van der Waals surface area contributed by atoms with Crippen LogP contribution in [0.15, 0.2) is 48.5 Å². The van der Waals surface area contributed by atoms with E-state index in [9.17, 15) is 9.59 Å². The summed E-state index contributed by atoms with van der Waals surface area (Å²) in [5.41, 5.74) is 3.40. The molecule has 3 aliphatic heterocycles. The van der Waals surface area contributed by atoms with Crippen molar-refractivity contribution in [2.75, 3.05) is 39.8 Å². The zero-order chi connectivity index (χ0) is 24.4. The van der Waals surface area contributed by atoms with E-state index in [4.69, 9.17) is 16.3 Å². The molecular weight excluding hydrogens is 462 g/mol. The second-order valence-electron chi connectivity index (χ2n) is 10.0. The van der Waals surface area contributed by atoms with Crippen LogP contribution in [0.2, 0.25) is 5.02 Å². The second kappa shape index (κ2) is 10.3. The Labute approximate surface area is 212 Å². The summed E-state index contributed by atoms with van der Waals surface area (Å²) in [4.78, 5) is 32.0. The molecule has 0 saturated carbocycles. The normalized spacial score (nSPS) is 20.3. The summed E-state index contributed by atoms with van der Waals surface area (Å²) in [5, 5.41) is 0.621. The van der Waals surface area contributed by atoms with Gasteiger partial charge in [-0.25, -0.2) is 0 Å². The Morgan fingerprint density at radius 2 is 1.86 bits per heavy atom. The third kappa shape index (κ3) is 4.97. The Balaban J connectivity index is 1.15. The molecule has 186 valence electrons. The average molecular weight is 496 g/mol. The summed E-state index contributed by atoms with van der Waals surface area (Å²) in [6, 6.07) is 15.3. The zero-order valence-corrected chi connectivity index (χ0v) is 21.2. The van der Waals surface area contributed by atoms with Gasteiger partial charge in [0, 0.05) is 44.7 Å². The predicted molar refractivity (Wildman–Crippen MR) is 136 cm³/mol. The number of likely N-dealkylation sites (tertiary alicyclic amines) is 2. The van der Waals surface area contributed by atoms with Crippen molar-refractivity contribution in [2.45, 2.75) is 50.4 Å². The number of fused-ring (bicyclic) bond motifs is 2. The molecule has 0 bridgehead atoms. The van der Waals surface area contributed by atoms with Gasteiger partial charge in [-0.05, 0) is 61.1 Å². The van der Waals surface area contributed by atoms with E-state index in [1.54, 1.807) is 21.9 Å². The molecule has 0 aromatic heterocycles. The van der Waals surface area contributed by atoms with Crippen LogP contribution in [0.25, 0.3) is 0 Å². The summed E-state index contributed by atoms with van der Waals surface area (Å²) < 4.78 is 6.29. The van der Waals surface area contributed by atoms with E-state index < -0.39 is 6.04 Å². The van der Waals surface area contributed by atoms with Gasteiger partial charge in [0.15, 0.2) is 0 Å². The number of hydrogen-bond acceptors (Lipinski definition) is 4. The number of piperidine rings is 1. The third-order valence-corrected chi connectivity index (χ3v) is 8.11. The Kier molecular flexibility index (Phi) is 7.14. The van der Waals surface area contributed by atoms with E-state index in [1.165, 1.54) is 11.1 Å². The molecule has 2 saturated heterocycles. The Hall–Kier alpha value is -2.41. The van der Waals surface area contributed by atoms with Crippen molar-refractivity contribution >= 4 is 23.4 Å². The fraction of sp³-hybridized carbons (Fsp3) is 0.500. The number of hydrogen-bond donors (Lipinski definition) is 0.